The number of ketones is 1. The van der Waals surface area contributed by atoms with Gasteiger partial charge in [0.15, 0.2) is 11.4 Å². The molecule has 0 saturated carbocycles. The molecule has 5 rings (SSSR count). The van der Waals surface area contributed by atoms with Gasteiger partial charge in [0.05, 0.1) is 23.1 Å². The van der Waals surface area contributed by atoms with Crippen LogP contribution in [0.3, 0.4) is 0 Å². The predicted molar refractivity (Wildman–Crippen MR) is 126 cm³/mol. The SMILES string of the molecule is CC(=O)c1c(C2CCN(C)CC2)nc2c(-c3ccc(-c4ccc(=O)[nH]c4)nc3)cnn2c1N. The van der Waals surface area contributed by atoms with Gasteiger partial charge in [-0.3, -0.25) is 14.6 Å². The summed E-state index contributed by atoms with van der Waals surface area (Å²) >= 11 is 0. The van der Waals surface area contributed by atoms with E-state index in [1.807, 2.05) is 12.1 Å². The zero-order valence-corrected chi connectivity index (χ0v) is 18.6. The van der Waals surface area contributed by atoms with Crippen molar-refractivity contribution in [2.24, 2.45) is 0 Å². The van der Waals surface area contributed by atoms with Gasteiger partial charge in [0, 0.05) is 41.1 Å². The van der Waals surface area contributed by atoms with Crippen LogP contribution in [0.2, 0.25) is 0 Å². The molecule has 0 amide bonds. The summed E-state index contributed by atoms with van der Waals surface area (Å²) in [5.74, 6) is 0.404. The van der Waals surface area contributed by atoms with Gasteiger partial charge in [0.1, 0.15) is 5.82 Å². The standard InChI is InChI=1S/C24H25N7O2/c1-14(32)21-22(15-7-9-30(2)10-8-15)29-24-18(13-28-31(24)23(21)25)16-3-5-19(26-11-16)17-4-6-20(33)27-12-17/h3-6,11-13,15H,7-10,25H2,1-2H3,(H,27,33). The van der Waals surface area contributed by atoms with Crippen molar-refractivity contribution in [3.8, 4) is 22.4 Å². The summed E-state index contributed by atoms with van der Waals surface area (Å²) in [6, 6.07) is 7.03. The number of fused-ring (bicyclic) bond motifs is 1. The van der Waals surface area contributed by atoms with Gasteiger partial charge in [0.25, 0.3) is 0 Å². The van der Waals surface area contributed by atoms with E-state index < -0.39 is 0 Å². The molecule has 168 valence electrons. The Morgan fingerprint density at radius 2 is 1.88 bits per heavy atom. The first-order valence-electron chi connectivity index (χ1n) is 10.9. The van der Waals surface area contributed by atoms with E-state index >= 15 is 0 Å². The maximum Gasteiger partial charge on any atom is 0.247 e. The zero-order valence-electron chi connectivity index (χ0n) is 18.6. The normalized spacial score (nSPS) is 15.2. The lowest BCUT2D eigenvalue weighted by atomic mass is 9.89. The second-order valence-corrected chi connectivity index (χ2v) is 8.56. The summed E-state index contributed by atoms with van der Waals surface area (Å²) in [6.07, 6.45) is 6.96. The van der Waals surface area contributed by atoms with Gasteiger partial charge in [0.2, 0.25) is 5.56 Å². The number of aromatic amines is 1. The zero-order chi connectivity index (χ0) is 23.1. The van der Waals surface area contributed by atoms with Crippen LogP contribution < -0.4 is 11.3 Å². The molecule has 9 nitrogen and oxygen atoms in total. The van der Waals surface area contributed by atoms with Crippen LogP contribution in [0.25, 0.3) is 28.0 Å². The second-order valence-electron chi connectivity index (χ2n) is 8.56. The van der Waals surface area contributed by atoms with Gasteiger partial charge in [-0.15, -0.1) is 0 Å². The average Bonchev–Trinajstić information content (AvgIpc) is 3.24. The van der Waals surface area contributed by atoms with Crippen molar-refractivity contribution in [1.29, 1.82) is 0 Å². The number of likely N-dealkylation sites (tertiary alicyclic amines) is 1. The number of carbonyl (C=O) groups excluding carboxylic acids is 1. The average molecular weight is 444 g/mol. The Balaban J connectivity index is 1.59. The summed E-state index contributed by atoms with van der Waals surface area (Å²) in [7, 11) is 2.10. The molecule has 0 atom stereocenters. The number of aromatic nitrogens is 5. The minimum Gasteiger partial charge on any atom is -0.383 e. The number of anilines is 1. The number of carbonyl (C=O) groups is 1. The number of nitrogens with two attached hydrogens (primary N) is 1. The van der Waals surface area contributed by atoms with E-state index in [1.54, 1.807) is 29.2 Å². The van der Waals surface area contributed by atoms with E-state index in [4.69, 9.17) is 10.7 Å². The molecule has 0 radical (unpaired) electrons. The fourth-order valence-electron chi connectivity index (χ4n) is 4.47. The Morgan fingerprint density at radius 1 is 1.12 bits per heavy atom. The van der Waals surface area contributed by atoms with Gasteiger partial charge in [-0.2, -0.15) is 9.61 Å². The number of nitrogen functional groups attached to an aromatic ring is 1. The molecule has 0 bridgehead atoms. The van der Waals surface area contributed by atoms with E-state index in [0.29, 0.717) is 17.0 Å². The third-order valence-electron chi connectivity index (χ3n) is 6.32. The molecule has 5 heterocycles. The molecule has 0 aromatic carbocycles. The molecule has 4 aromatic heterocycles. The fraction of sp³-hybridized carbons (Fsp3) is 0.292. The molecule has 1 fully saturated rings. The van der Waals surface area contributed by atoms with Crippen LogP contribution >= 0.6 is 0 Å². The highest BCUT2D eigenvalue weighted by Crippen LogP contribution is 2.34. The third-order valence-corrected chi connectivity index (χ3v) is 6.32. The predicted octanol–water partition coefficient (Wildman–Crippen LogP) is 2.74. The van der Waals surface area contributed by atoms with Crippen molar-refractivity contribution in [2.45, 2.75) is 25.7 Å². The van der Waals surface area contributed by atoms with Gasteiger partial charge < -0.3 is 15.6 Å². The van der Waals surface area contributed by atoms with E-state index in [2.05, 4.69) is 27.0 Å². The van der Waals surface area contributed by atoms with Crippen LogP contribution in [0, 0.1) is 0 Å². The van der Waals surface area contributed by atoms with Crippen molar-refractivity contribution in [2.75, 3.05) is 25.9 Å². The lowest BCUT2D eigenvalue weighted by Gasteiger charge is -2.29. The molecule has 1 aliphatic rings. The number of hydrogen-bond donors (Lipinski definition) is 2. The number of Topliss-reactive ketones (excluding diaryl/α,β-unsaturated/α-hetero) is 1. The highest BCUT2D eigenvalue weighted by Gasteiger charge is 2.28. The lowest BCUT2D eigenvalue weighted by Crippen LogP contribution is -2.30. The van der Waals surface area contributed by atoms with Crippen LogP contribution in [0.1, 0.15) is 41.7 Å². The third kappa shape index (κ3) is 3.80. The van der Waals surface area contributed by atoms with Crippen molar-refractivity contribution in [3.05, 3.63) is 64.5 Å². The van der Waals surface area contributed by atoms with Gasteiger partial charge in [-0.05, 0) is 52.0 Å². The Bertz CT molecular complexity index is 1380. The number of hydrogen-bond acceptors (Lipinski definition) is 7. The second kappa shape index (κ2) is 8.25. The van der Waals surface area contributed by atoms with E-state index in [0.717, 1.165) is 54.0 Å². The molecule has 9 heteroatoms. The van der Waals surface area contributed by atoms with Crippen molar-refractivity contribution >= 4 is 17.2 Å². The Hall–Kier alpha value is -3.85. The van der Waals surface area contributed by atoms with Crippen molar-refractivity contribution in [3.63, 3.8) is 0 Å². The molecule has 0 spiro atoms. The highest BCUT2D eigenvalue weighted by atomic mass is 16.1. The highest BCUT2D eigenvalue weighted by molar-refractivity contribution is 6.00. The van der Waals surface area contributed by atoms with Gasteiger partial charge in [-0.1, -0.05) is 6.07 Å². The summed E-state index contributed by atoms with van der Waals surface area (Å²) in [6.45, 7) is 3.44. The van der Waals surface area contributed by atoms with E-state index in [-0.39, 0.29) is 17.3 Å². The van der Waals surface area contributed by atoms with Gasteiger partial charge in [-0.25, -0.2) is 4.98 Å². The first-order chi connectivity index (χ1) is 15.9. The maximum atomic E-state index is 12.5. The van der Waals surface area contributed by atoms with Crippen LogP contribution in [-0.4, -0.2) is 55.4 Å². The molecule has 0 aliphatic carbocycles. The molecule has 0 unspecified atom stereocenters. The minimum absolute atomic E-state index is 0.0974. The maximum absolute atomic E-state index is 12.5. The summed E-state index contributed by atoms with van der Waals surface area (Å²) in [5.41, 5.74) is 11.3. The number of rotatable bonds is 4. The number of H-pyrrole nitrogens is 1. The first-order valence-corrected chi connectivity index (χ1v) is 10.9. The summed E-state index contributed by atoms with van der Waals surface area (Å²) < 4.78 is 1.54. The summed E-state index contributed by atoms with van der Waals surface area (Å²) in [4.78, 5) is 38.3. The Labute approximate surface area is 190 Å². The van der Waals surface area contributed by atoms with E-state index in [9.17, 15) is 9.59 Å². The number of nitrogens with zero attached hydrogens (tertiary/aromatic N) is 5. The van der Waals surface area contributed by atoms with Crippen molar-refractivity contribution in [1.82, 2.24) is 29.5 Å². The molecular formula is C24H25N7O2. The molecule has 4 aromatic rings. The van der Waals surface area contributed by atoms with Crippen LogP contribution in [0.15, 0.2) is 47.7 Å². The fourth-order valence-corrected chi connectivity index (χ4v) is 4.47. The molecule has 1 saturated heterocycles. The van der Waals surface area contributed by atoms with Gasteiger partial charge >= 0.3 is 0 Å². The Morgan fingerprint density at radius 3 is 2.52 bits per heavy atom. The lowest BCUT2D eigenvalue weighted by molar-refractivity contribution is 0.101. The van der Waals surface area contributed by atoms with Crippen LogP contribution in [0.5, 0.6) is 0 Å². The van der Waals surface area contributed by atoms with Crippen LogP contribution in [0.4, 0.5) is 5.82 Å². The summed E-state index contributed by atoms with van der Waals surface area (Å²) in [5, 5.41) is 4.43. The molecule has 33 heavy (non-hydrogen) atoms. The Kier molecular flexibility index (Phi) is 5.26. The molecule has 1 aliphatic heterocycles. The molecular weight excluding hydrogens is 418 g/mol. The molecule has 3 N–H and O–H groups in total. The number of pyridine rings is 2. The van der Waals surface area contributed by atoms with E-state index in [1.165, 1.54) is 13.0 Å². The largest absolute Gasteiger partial charge is 0.383 e. The number of nitrogens with one attached hydrogen (secondary N) is 1. The smallest absolute Gasteiger partial charge is 0.247 e. The number of piperidine rings is 1. The minimum atomic E-state index is -0.157. The topological polar surface area (TPSA) is 122 Å². The van der Waals surface area contributed by atoms with Crippen molar-refractivity contribution < 1.29 is 4.79 Å². The van der Waals surface area contributed by atoms with Crippen LogP contribution in [-0.2, 0) is 0 Å². The first kappa shape index (κ1) is 21.0. The monoisotopic (exact) mass is 443 g/mol. The quantitative estimate of drug-likeness (QED) is 0.465.